The van der Waals surface area contributed by atoms with E-state index in [2.05, 4.69) is 13.2 Å². The van der Waals surface area contributed by atoms with Gasteiger partial charge in [0.25, 0.3) is 0 Å². The van der Waals surface area contributed by atoms with Gasteiger partial charge in [0, 0.05) is 18.4 Å². The van der Waals surface area contributed by atoms with Gasteiger partial charge in [-0.05, 0) is 71.6 Å². The number of Topliss-reactive ketones (excluding diaryl/α,β-unsaturated/α-hetero) is 1. The number of hydrogen-bond acceptors (Lipinski definition) is 3. The van der Waals surface area contributed by atoms with Crippen LogP contribution in [0.15, 0.2) is 37.0 Å². The molecule has 2 atom stereocenters. The van der Waals surface area contributed by atoms with Crippen LogP contribution in [0.25, 0.3) is 0 Å². The first-order valence-corrected chi connectivity index (χ1v) is 10.4. The summed E-state index contributed by atoms with van der Waals surface area (Å²) in [5.74, 6) is 1.05. The Hall–Kier alpha value is -1.64. The van der Waals surface area contributed by atoms with Crippen LogP contribution < -0.4 is 0 Å². The van der Waals surface area contributed by atoms with Crippen molar-refractivity contribution in [1.29, 1.82) is 0 Å². The maximum absolute atomic E-state index is 11.8. The summed E-state index contributed by atoms with van der Waals surface area (Å²) in [5, 5.41) is 0. The Morgan fingerprint density at radius 1 is 1.00 bits per heavy atom. The molecule has 2 unspecified atom stereocenters. The molecule has 2 fully saturated rings. The Kier molecular flexibility index (Phi) is 10.4. The lowest BCUT2D eigenvalue weighted by atomic mass is 9.82. The highest BCUT2D eigenvalue weighted by Crippen LogP contribution is 2.32. The molecule has 2 rings (SSSR count). The molecule has 0 N–H and O–H groups in total. The smallest absolute Gasteiger partial charge is 0.331 e. The minimum Gasteiger partial charge on any atom is -0.457 e. The largest absolute Gasteiger partial charge is 0.457 e. The second-order valence-corrected chi connectivity index (χ2v) is 8.65. The third-order valence-electron chi connectivity index (χ3n) is 5.09. The van der Waals surface area contributed by atoms with Gasteiger partial charge in [0.2, 0.25) is 0 Å². The van der Waals surface area contributed by atoms with E-state index in [1.54, 1.807) is 6.08 Å². The molecule has 0 spiro atoms. The Balaban J connectivity index is 0.000000309. The van der Waals surface area contributed by atoms with Crippen molar-refractivity contribution >= 4 is 11.8 Å². The molecule has 2 saturated carbocycles. The van der Waals surface area contributed by atoms with Crippen LogP contribution in [-0.2, 0) is 14.3 Å². The first-order chi connectivity index (χ1) is 12.8. The lowest BCUT2D eigenvalue weighted by molar-refractivity contribution is -0.148. The first-order valence-electron chi connectivity index (χ1n) is 10.4. The Bertz CT molecular complexity index is 536. The topological polar surface area (TPSA) is 43.4 Å². The molecule has 0 aromatic rings. The van der Waals surface area contributed by atoms with E-state index in [4.69, 9.17) is 4.74 Å². The molecule has 3 heteroatoms. The summed E-state index contributed by atoms with van der Waals surface area (Å²) in [5.41, 5.74) is 0.835. The normalized spacial score (nSPS) is 24.6. The third kappa shape index (κ3) is 9.74. The van der Waals surface area contributed by atoms with Crippen LogP contribution in [0.2, 0.25) is 0 Å². The first kappa shape index (κ1) is 23.4. The molecule has 2 aliphatic carbocycles. The van der Waals surface area contributed by atoms with Crippen molar-refractivity contribution in [3.8, 4) is 0 Å². The van der Waals surface area contributed by atoms with Crippen molar-refractivity contribution in [3.63, 3.8) is 0 Å². The predicted octanol–water partition coefficient (Wildman–Crippen LogP) is 6.34. The SMILES string of the molecule is C=CCC1CCCCC1=CC(=O)OC(C)(C)C.C=CCC1CCCCC1=O. The van der Waals surface area contributed by atoms with E-state index in [1.807, 2.05) is 32.9 Å². The van der Waals surface area contributed by atoms with Crippen LogP contribution in [0, 0.1) is 11.8 Å². The fourth-order valence-corrected chi connectivity index (χ4v) is 3.76. The zero-order valence-electron chi connectivity index (χ0n) is 17.6. The van der Waals surface area contributed by atoms with Crippen LogP contribution in [-0.4, -0.2) is 17.4 Å². The number of rotatable bonds is 5. The molecule has 152 valence electrons. The van der Waals surface area contributed by atoms with E-state index in [0.717, 1.165) is 38.5 Å². The van der Waals surface area contributed by atoms with E-state index in [9.17, 15) is 9.59 Å². The van der Waals surface area contributed by atoms with Crippen molar-refractivity contribution < 1.29 is 14.3 Å². The van der Waals surface area contributed by atoms with Gasteiger partial charge >= 0.3 is 5.97 Å². The monoisotopic (exact) mass is 374 g/mol. The molecule has 0 amide bonds. The molecule has 3 nitrogen and oxygen atoms in total. The van der Waals surface area contributed by atoms with E-state index >= 15 is 0 Å². The molecule has 0 bridgehead atoms. The second kappa shape index (κ2) is 11.9. The number of allylic oxidation sites excluding steroid dienone is 3. The zero-order chi connectivity index (χ0) is 20.3. The van der Waals surface area contributed by atoms with Gasteiger partial charge in [-0.1, -0.05) is 30.6 Å². The van der Waals surface area contributed by atoms with Gasteiger partial charge in [0.1, 0.15) is 11.4 Å². The summed E-state index contributed by atoms with van der Waals surface area (Å²) >= 11 is 0. The minimum absolute atomic E-state index is 0.205. The summed E-state index contributed by atoms with van der Waals surface area (Å²) in [4.78, 5) is 22.9. The summed E-state index contributed by atoms with van der Waals surface area (Å²) in [6.07, 6.45) is 16.2. The molecular formula is C24H38O3. The average Bonchev–Trinajstić information content (AvgIpc) is 2.58. The minimum atomic E-state index is -0.406. The molecule has 0 heterocycles. The van der Waals surface area contributed by atoms with E-state index in [1.165, 1.54) is 31.3 Å². The quantitative estimate of drug-likeness (QED) is 0.320. The number of carbonyl (C=O) groups excluding carboxylic acids is 2. The number of hydrogen-bond donors (Lipinski definition) is 0. The van der Waals surface area contributed by atoms with Crippen LogP contribution in [0.1, 0.15) is 85.0 Å². The lowest BCUT2D eigenvalue weighted by Crippen LogP contribution is -2.23. The molecule has 0 saturated heterocycles. The Labute approximate surface area is 165 Å². The van der Waals surface area contributed by atoms with Gasteiger partial charge in [-0.25, -0.2) is 4.79 Å². The number of esters is 1. The highest BCUT2D eigenvalue weighted by molar-refractivity contribution is 5.83. The molecular weight excluding hydrogens is 336 g/mol. The van der Waals surface area contributed by atoms with Crippen molar-refractivity contribution in [2.45, 2.75) is 90.6 Å². The summed E-state index contributed by atoms with van der Waals surface area (Å²) in [6, 6.07) is 0. The van der Waals surface area contributed by atoms with Crippen molar-refractivity contribution in [3.05, 3.63) is 37.0 Å². The van der Waals surface area contributed by atoms with Crippen molar-refractivity contribution in [2.75, 3.05) is 0 Å². The van der Waals surface area contributed by atoms with Gasteiger partial charge in [-0.3, -0.25) is 4.79 Å². The third-order valence-corrected chi connectivity index (χ3v) is 5.09. The van der Waals surface area contributed by atoms with Crippen LogP contribution >= 0.6 is 0 Å². The highest BCUT2D eigenvalue weighted by Gasteiger charge is 2.21. The van der Waals surface area contributed by atoms with Gasteiger partial charge in [0.05, 0.1) is 0 Å². The zero-order valence-corrected chi connectivity index (χ0v) is 17.6. The summed E-state index contributed by atoms with van der Waals surface area (Å²) in [6.45, 7) is 13.1. The van der Waals surface area contributed by atoms with Crippen LogP contribution in [0.5, 0.6) is 0 Å². The van der Waals surface area contributed by atoms with Gasteiger partial charge < -0.3 is 4.74 Å². The van der Waals surface area contributed by atoms with Crippen molar-refractivity contribution in [2.24, 2.45) is 11.8 Å². The summed E-state index contributed by atoms with van der Waals surface area (Å²) in [7, 11) is 0. The van der Waals surface area contributed by atoms with Gasteiger partial charge in [0.15, 0.2) is 0 Å². The maximum Gasteiger partial charge on any atom is 0.331 e. The highest BCUT2D eigenvalue weighted by atomic mass is 16.6. The fraction of sp³-hybridized carbons (Fsp3) is 0.667. The second-order valence-electron chi connectivity index (χ2n) is 8.65. The van der Waals surface area contributed by atoms with E-state index in [0.29, 0.717) is 17.6 Å². The number of carbonyl (C=O) groups is 2. The molecule has 0 aliphatic heterocycles. The lowest BCUT2D eigenvalue weighted by Gasteiger charge is -2.25. The standard InChI is InChI=1S/C15H24O2.C9H14O/c1-5-8-12-9-6-7-10-13(12)11-14(16)17-15(2,3)4;1-2-5-8-6-3-4-7-9(8)10/h5,11-12H,1,6-10H2,2-4H3;2,8H,1,3-7H2. The van der Waals surface area contributed by atoms with Gasteiger partial charge in [-0.15, -0.1) is 13.2 Å². The van der Waals surface area contributed by atoms with Crippen LogP contribution in [0.4, 0.5) is 0 Å². The molecule has 27 heavy (non-hydrogen) atoms. The van der Waals surface area contributed by atoms with E-state index in [-0.39, 0.29) is 5.97 Å². The molecule has 0 radical (unpaired) electrons. The van der Waals surface area contributed by atoms with Crippen LogP contribution in [0.3, 0.4) is 0 Å². The predicted molar refractivity (Wildman–Crippen MR) is 112 cm³/mol. The fourth-order valence-electron chi connectivity index (χ4n) is 3.76. The Morgan fingerprint density at radius 3 is 2.11 bits per heavy atom. The molecule has 0 aromatic heterocycles. The molecule has 2 aliphatic rings. The Morgan fingerprint density at radius 2 is 1.56 bits per heavy atom. The van der Waals surface area contributed by atoms with E-state index < -0.39 is 5.60 Å². The molecule has 0 aromatic carbocycles. The van der Waals surface area contributed by atoms with Crippen molar-refractivity contribution in [1.82, 2.24) is 0 Å². The maximum atomic E-state index is 11.8. The number of ether oxygens (including phenoxy) is 1. The average molecular weight is 375 g/mol. The number of ketones is 1. The summed E-state index contributed by atoms with van der Waals surface area (Å²) < 4.78 is 5.33. The van der Waals surface area contributed by atoms with Gasteiger partial charge in [-0.2, -0.15) is 0 Å².